The van der Waals surface area contributed by atoms with Gasteiger partial charge in [-0.1, -0.05) is 36.4 Å². The van der Waals surface area contributed by atoms with E-state index in [4.69, 9.17) is 0 Å². The summed E-state index contributed by atoms with van der Waals surface area (Å²) < 4.78 is 5.33. The van der Waals surface area contributed by atoms with E-state index in [9.17, 15) is 0 Å². The van der Waals surface area contributed by atoms with Gasteiger partial charge in [0, 0.05) is 11.1 Å². The van der Waals surface area contributed by atoms with E-state index in [1.54, 1.807) is 0 Å². The molecule has 0 aliphatic carbocycles. The second-order valence-electron chi connectivity index (χ2n) is 17.5. The summed E-state index contributed by atoms with van der Waals surface area (Å²) in [7, 11) is 0. The Morgan fingerprint density at radius 3 is 1.29 bits per heavy atom. The van der Waals surface area contributed by atoms with Crippen LogP contribution in [0, 0.1) is 0 Å². The molecule has 12 aromatic carbocycles. The van der Waals surface area contributed by atoms with Gasteiger partial charge >= 0.3 is 319 Å². The molecular formula is C64H39NSe. The van der Waals surface area contributed by atoms with Gasteiger partial charge in [0.15, 0.2) is 0 Å². The third-order valence-electron chi connectivity index (χ3n) is 14.0. The maximum atomic E-state index is 2.50. The molecule has 0 bridgehead atoms. The number of rotatable bonds is 5. The van der Waals surface area contributed by atoms with E-state index in [1.807, 2.05) is 0 Å². The predicted molar refractivity (Wildman–Crippen MR) is 285 cm³/mol. The molecule has 0 N–H and O–H groups in total. The molecule has 2 aromatic heterocycles. The van der Waals surface area contributed by atoms with E-state index in [1.165, 1.54) is 134 Å². The molecule has 66 heavy (non-hydrogen) atoms. The van der Waals surface area contributed by atoms with Crippen LogP contribution in [0.1, 0.15) is 0 Å². The van der Waals surface area contributed by atoms with Crippen molar-refractivity contribution < 1.29 is 0 Å². The van der Waals surface area contributed by atoms with Crippen LogP contribution in [0.2, 0.25) is 0 Å². The zero-order valence-electron chi connectivity index (χ0n) is 35.9. The van der Waals surface area contributed by atoms with Crippen LogP contribution < -0.4 is 0 Å². The first kappa shape index (κ1) is 37.4. The zero-order chi connectivity index (χ0) is 43.3. The topological polar surface area (TPSA) is 4.93 Å². The third kappa shape index (κ3) is 5.53. The van der Waals surface area contributed by atoms with Gasteiger partial charge in [-0.15, -0.1) is 0 Å². The van der Waals surface area contributed by atoms with Gasteiger partial charge in [0.1, 0.15) is 0 Å². The monoisotopic (exact) mass is 901 g/mol. The molecule has 0 fully saturated rings. The predicted octanol–water partition coefficient (Wildman–Crippen LogP) is 17.4. The fourth-order valence-electron chi connectivity index (χ4n) is 11.2. The number of fused-ring (bicyclic) bond motifs is 10. The Bertz CT molecular complexity index is 4160. The van der Waals surface area contributed by atoms with Crippen molar-refractivity contribution in [2.45, 2.75) is 0 Å². The first-order chi connectivity index (χ1) is 32.8. The summed E-state index contributed by atoms with van der Waals surface area (Å²) in [5.41, 5.74) is 13.9. The zero-order valence-corrected chi connectivity index (χ0v) is 37.6. The molecule has 14 aromatic rings. The van der Waals surface area contributed by atoms with Gasteiger partial charge in [0.2, 0.25) is 0 Å². The summed E-state index contributed by atoms with van der Waals surface area (Å²) in [6.07, 6.45) is 0. The van der Waals surface area contributed by atoms with Crippen LogP contribution in [-0.2, 0) is 0 Å². The fourth-order valence-corrected chi connectivity index (χ4v) is 13.7. The van der Waals surface area contributed by atoms with Crippen LogP contribution in [0.15, 0.2) is 237 Å². The van der Waals surface area contributed by atoms with Gasteiger partial charge in [0.25, 0.3) is 0 Å². The Morgan fingerprint density at radius 2 is 0.697 bits per heavy atom. The van der Waals surface area contributed by atoms with Gasteiger partial charge in [-0.05, 0) is 18.2 Å². The average molecular weight is 901 g/mol. The number of aromatic nitrogens is 1. The molecule has 0 atom stereocenters. The SMILES string of the molecule is c1ccc(-c2c3ccccc3c(-c3cccc4c3[se]c3ccc(-c5c6ccccc6c(-c6ccc7c8ccccc8n(-c8ccccc8)c7c6)c6ccccc56)cc34)c3ccccc23)cc1. The molecule has 0 spiro atoms. The minimum absolute atomic E-state index is 0.134. The molecule has 0 aliphatic heterocycles. The van der Waals surface area contributed by atoms with Crippen LogP contribution in [0.4, 0.5) is 0 Å². The quantitative estimate of drug-likeness (QED) is 0.120. The third-order valence-corrected chi connectivity index (χ3v) is 16.5. The Balaban J connectivity index is 0.986. The molecule has 0 amide bonds. The summed E-state index contributed by atoms with van der Waals surface area (Å²) in [6, 6.07) is 88.1. The fraction of sp³-hybridized carbons (Fsp3) is 0. The Morgan fingerprint density at radius 1 is 0.258 bits per heavy atom. The molecule has 0 saturated heterocycles. The van der Waals surface area contributed by atoms with Crippen molar-refractivity contribution in [1.82, 2.24) is 4.57 Å². The van der Waals surface area contributed by atoms with Crippen LogP contribution >= 0.6 is 0 Å². The average Bonchev–Trinajstić information content (AvgIpc) is 3.93. The van der Waals surface area contributed by atoms with E-state index < -0.39 is 0 Å². The van der Waals surface area contributed by atoms with Gasteiger partial charge in [-0.2, -0.15) is 0 Å². The number of benzene rings is 12. The van der Waals surface area contributed by atoms with Crippen LogP contribution in [0.3, 0.4) is 0 Å². The Hall–Kier alpha value is -8.00. The second-order valence-corrected chi connectivity index (χ2v) is 19.7. The van der Waals surface area contributed by atoms with Gasteiger partial charge < -0.3 is 0 Å². The summed E-state index contributed by atoms with van der Waals surface area (Å²) in [5.74, 6) is 0. The van der Waals surface area contributed by atoms with E-state index >= 15 is 0 Å². The van der Waals surface area contributed by atoms with Crippen molar-refractivity contribution in [3.8, 4) is 50.2 Å². The summed E-state index contributed by atoms with van der Waals surface area (Å²) in [4.78, 5) is 0. The van der Waals surface area contributed by atoms with Crippen molar-refractivity contribution in [2.24, 2.45) is 0 Å². The second kappa shape index (κ2) is 14.8. The van der Waals surface area contributed by atoms with E-state index in [0.717, 1.165) is 0 Å². The van der Waals surface area contributed by atoms with Crippen molar-refractivity contribution in [3.05, 3.63) is 237 Å². The molecule has 2 heteroatoms. The number of hydrogen-bond donors (Lipinski definition) is 0. The summed E-state index contributed by atoms with van der Waals surface area (Å²) in [6.45, 7) is 0. The maximum absolute atomic E-state index is 2.50. The van der Waals surface area contributed by atoms with Crippen molar-refractivity contribution in [3.63, 3.8) is 0 Å². The van der Waals surface area contributed by atoms with Crippen molar-refractivity contribution in [2.75, 3.05) is 0 Å². The molecule has 2 heterocycles. The van der Waals surface area contributed by atoms with E-state index in [0.29, 0.717) is 0 Å². The molecule has 1 nitrogen and oxygen atoms in total. The first-order valence-corrected chi connectivity index (χ1v) is 24.5. The number of nitrogens with zero attached hydrogens (tertiary/aromatic N) is 1. The van der Waals surface area contributed by atoms with Crippen molar-refractivity contribution >= 4 is 98.7 Å². The van der Waals surface area contributed by atoms with Gasteiger partial charge in [-0.25, -0.2) is 0 Å². The summed E-state index contributed by atoms with van der Waals surface area (Å²) >= 11 is 0.134. The Kier molecular flexibility index (Phi) is 8.37. The van der Waals surface area contributed by atoms with Gasteiger partial charge in [-0.3, -0.25) is 0 Å². The molecule has 14 rings (SSSR count). The normalized spacial score (nSPS) is 11.9. The number of hydrogen-bond acceptors (Lipinski definition) is 0. The molecular weight excluding hydrogens is 862 g/mol. The standard InChI is InChI=1S/C64H39NSe/c1-3-18-40(19-4-1)60-50-27-11-13-29-52(50)63(53-30-14-12-28-51(53)60)55-32-17-31-54-56-38-41(35-37-59(56)66-64(54)55)61-46-23-7-9-25-48(46)62(49-26-10-8-24-47(49)61)42-34-36-45-44-22-15-16-33-57(44)65(58(45)39-42)43-20-5-2-6-21-43/h1-39H. The number of para-hydroxylation sites is 2. The molecule has 0 saturated carbocycles. The van der Waals surface area contributed by atoms with Crippen molar-refractivity contribution in [1.29, 1.82) is 0 Å². The van der Waals surface area contributed by atoms with E-state index in [2.05, 4.69) is 241 Å². The summed E-state index contributed by atoms with van der Waals surface area (Å²) in [5, 5.41) is 15.5. The molecule has 0 radical (unpaired) electrons. The van der Waals surface area contributed by atoms with Crippen LogP contribution in [0.25, 0.3) is 134 Å². The molecule has 0 aliphatic rings. The molecule has 0 unspecified atom stereocenters. The van der Waals surface area contributed by atoms with Gasteiger partial charge in [0.05, 0.1) is 5.52 Å². The Labute approximate surface area is 387 Å². The van der Waals surface area contributed by atoms with Crippen LogP contribution in [0.5, 0.6) is 0 Å². The van der Waals surface area contributed by atoms with Crippen LogP contribution in [-0.4, -0.2) is 19.1 Å². The van der Waals surface area contributed by atoms with E-state index in [-0.39, 0.29) is 14.5 Å². The molecule has 306 valence electrons. The minimum atomic E-state index is 0.134. The first-order valence-electron chi connectivity index (χ1n) is 22.8.